The molecule has 0 saturated carbocycles. The van der Waals surface area contributed by atoms with E-state index in [0.717, 1.165) is 38.4 Å². The number of hydrogen-bond acceptors (Lipinski definition) is 3. The first-order valence-corrected chi connectivity index (χ1v) is 7.25. The van der Waals surface area contributed by atoms with Gasteiger partial charge in [-0.2, -0.15) is 0 Å². The summed E-state index contributed by atoms with van der Waals surface area (Å²) >= 11 is 0. The molecule has 1 aliphatic rings. The van der Waals surface area contributed by atoms with E-state index in [1.165, 1.54) is 17.5 Å². The lowest BCUT2D eigenvalue weighted by molar-refractivity contribution is 0.294. The second-order valence-electron chi connectivity index (χ2n) is 5.86. The normalized spacial score (nSPS) is 22.7. The molecule has 0 spiro atoms. The summed E-state index contributed by atoms with van der Waals surface area (Å²) in [5, 5.41) is 7.02. The van der Waals surface area contributed by atoms with E-state index in [9.17, 15) is 0 Å². The predicted molar refractivity (Wildman–Crippen MR) is 79.9 cm³/mol. The summed E-state index contributed by atoms with van der Waals surface area (Å²) in [6.07, 6.45) is 2.26. The Kier molecular flexibility index (Phi) is 4.83. The zero-order chi connectivity index (χ0) is 13.7. The molecule has 3 nitrogen and oxygen atoms in total. The Bertz CT molecular complexity index is 411. The largest absolute Gasteiger partial charge is 0.494 e. The van der Waals surface area contributed by atoms with Crippen molar-refractivity contribution in [1.29, 1.82) is 0 Å². The van der Waals surface area contributed by atoms with Crippen LogP contribution in [0, 0.1) is 13.8 Å². The summed E-state index contributed by atoms with van der Waals surface area (Å²) in [6.45, 7) is 10.5. The van der Waals surface area contributed by atoms with Gasteiger partial charge in [-0.1, -0.05) is 6.07 Å². The van der Waals surface area contributed by atoms with E-state index < -0.39 is 0 Å². The summed E-state index contributed by atoms with van der Waals surface area (Å²) < 4.78 is 5.78. The number of benzene rings is 1. The van der Waals surface area contributed by atoms with Crippen LogP contribution in [-0.2, 0) is 0 Å². The minimum Gasteiger partial charge on any atom is -0.494 e. The molecular weight excluding hydrogens is 236 g/mol. The van der Waals surface area contributed by atoms with Crippen LogP contribution in [0.15, 0.2) is 18.2 Å². The van der Waals surface area contributed by atoms with Crippen LogP contribution in [0.1, 0.15) is 30.9 Å². The molecular formula is C16H26N2O. The third kappa shape index (κ3) is 4.22. The van der Waals surface area contributed by atoms with Gasteiger partial charge < -0.3 is 15.4 Å². The van der Waals surface area contributed by atoms with Crippen molar-refractivity contribution in [1.82, 2.24) is 10.6 Å². The van der Waals surface area contributed by atoms with Crippen LogP contribution in [0.4, 0.5) is 0 Å². The Morgan fingerprint density at radius 3 is 2.84 bits per heavy atom. The smallest absolute Gasteiger partial charge is 0.119 e. The third-order valence-electron chi connectivity index (χ3n) is 3.99. The molecule has 0 amide bonds. The van der Waals surface area contributed by atoms with Crippen molar-refractivity contribution in [2.24, 2.45) is 0 Å². The molecule has 1 aromatic carbocycles. The van der Waals surface area contributed by atoms with Crippen molar-refractivity contribution < 1.29 is 4.74 Å². The number of hydrogen-bond donors (Lipinski definition) is 2. The first kappa shape index (κ1) is 14.4. The summed E-state index contributed by atoms with van der Waals surface area (Å²) in [5.74, 6) is 0.983. The summed E-state index contributed by atoms with van der Waals surface area (Å²) in [6, 6.07) is 6.29. The van der Waals surface area contributed by atoms with Crippen LogP contribution < -0.4 is 15.4 Å². The van der Waals surface area contributed by atoms with Gasteiger partial charge in [-0.25, -0.2) is 0 Å². The van der Waals surface area contributed by atoms with Crippen LogP contribution in [0.25, 0.3) is 0 Å². The maximum absolute atomic E-state index is 5.78. The minimum atomic E-state index is 0.278. The molecule has 1 heterocycles. The fourth-order valence-electron chi connectivity index (χ4n) is 2.42. The third-order valence-corrected chi connectivity index (χ3v) is 3.99. The van der Waals surface area contributed by atoms with E-state index in [1.807, 2.05) is 0 Å². The maximum Gasteiger partial charge on any atom is 0.119 e. The first-order valence-electron chi connectivity index (χ1n) is 7.25. The van der Waals surface area contributed by atoms with Crippen molar-refractivity contribution in [3.05, 3.63) is 29.3 Å². The molecule has 1 unspecified atom stereocenters. The minimum absolute atomic E-state index is 0.278. The van der Waals surface area contributed by atoms with Gasteiger partial charge in [-0.15, -0.1) is 0 Å². The lowest BCUT2D eigenvalue weighted by atomic mass is 10.0. The SMILES string of the molecule is Cc1ccc(OCCCNC2(C)CCNC2)cc1C. The Hall–Kier alpha value is -1.06. The van der Waals surface area contributed by atoms with Crippen molar-refractivity contribution >= 4 is 0 Å². The molecule has 0 aromatic heterocycles. The van der Waals surface area contributed by atoms with E-state index in [-0.39, 0.29) is 5.54 Å². The molecule has 1 saturated heterocycles. The Morgan fingerprint density at radius 1 is 1.32 bits per heavy atom. The van der Waals surface area contributed by atoms with Crippen LogP contribution in [0.3, 0.4) is 0 Å². The van der Waals surface area contributed by atoms with E-state index in [0.29, 0.717) is 0 Å². The van der Waals surface area contributed by atoms with Crippen LogP contribution >= 0.6 is 0 Å². The molecule has 2 rings (SSSR count). The molecule has 1 atom stereocenters. The van der Waals surface area contributed by atoms with Crippen LogP contribution in [0.2, 0.25) is 0 Å². The quantitative estimate of drug-likeness (QED) is 0.772. The van der Waals surface area contributed by atoms with Gasteiger partial charge in [0, 0.05) is 12.1 Å². The lowest BCUT2D eigenvalue weighted by Crippen LogP contribution is -2.44. The topological polar surface area (TPSA) is 33.3 Å². The summed E-state index contributed by atoms with van der Waals surface area (Å²) in [7, 11) is 0. The predicted octanol–water partition coefficient (Wildman–Crippen LogP) is 2.41. The molecule has 19 heavy (non-hydrogen) atoms. The molecule has 1 aromatic rings. The van der Waals surface area contributed by atoms with Gasteiger partial charge in [0.2, 0.25) is 0 Å². The van der Waals surface area contributed by atoms with Crippen molar-refractivity contribution in [2.45, 2.75) is 39.2 Å². The highest BCUT2D eigenvalue weighted by Gasteiger charge is 2.26. The molecule has 0 radical (unpaired) electrons. The van der Waals surface area contributed by atoms with Gasteiger partial charge in [-0.05, 0) is 70.0 Å². The number of aryl methyl sites for hydroxylation is 2. The van der Waals surface area contributed by atoms with Gasteiger partial charge >= 0.3 is 0 Å². The van der Waals surface area contributed by atoms with Gasteiger partial charge in [0.05, 0.1) is 6.61 Å². The monoisotopic (exact) mass is 262 g/mol. The Morgan fingerprint density at radius 2 is 2.16 bits per heavy atom. The van der Waals surface area contributed by atoms with Crippen molar-refractivity contribution in [2.75, 3.05) is 26.2 Å². The molecule has 106 valence electrons. The zero-order valence-corrected chi connectivity index (χ0v) is 12.4. The lowest BCUT2D eigenvalue weighted by Gasteiger charge is -2.24. The molecule has 0 bridgehead atoms. The van der Waals surface area contributed by atoms with Gasteiger partial charge in [0.15, 0.2) is 0 Å². The fraction of sp³-hybridized carbons (Fsp3) is 0.625. The fourth-order valence-corrected chi connectivity index (χ4v) is 2.42. The molecule has 3 heteroatoms. The number of ether oxygens (including phenoxy) is 1. The zero-order valence-electron chi connectivity index (χ0n) is 12.4. The second kappa shape index (κ2) is 6.40. The molecule has 1 fully saturated rings. The highest BCUT2D eigenvalue weighted by atomic mass is 16.5. The van der Waals surface area contributed by atoms with E-state index in [2.05, 4.69) is 49.6 Å². The second-order valence-corrected chi connectivity index (χ2v) is 5.86. The standard InChI is InChI=1S/C16H26N2O/c1-13-5-6-15(11-14(13)2)19-10-4-8-18-16(3)7-9-17-12-16/h5-6,11,17-18H,4,7-10,12H2,1-3H3. The van der Waals surface area contributed by atoms with Crippen molar-refractivity contribution in [3.63, 3.8) is 0 Å². The summed E-state index contributed by atoms with van der Waals surface area (Å²) in [5.41, 5.74) is 2.89. The molecule has 0 aliphatic carbocycles. The van der Waals surface area contributed by atoms with E-state index in [1.54, 1.807) is 0 Å². The van der Waals surface area contributed by atoms with Crippen LogP contribution in [-0.4, -0.2) is 31.8 Å². The number of nitrogens with one attached hydrogen (secondary N) is 2. The van der Waals surface area contributed by atoms with Crippen LogP contribution in [0.5, 0.6) is 5.75 Å². The average molecular weight is 262 g/mol. The van der Waals surface area contributed by atoms with Gasteiger partial charge in [-0.3, -0.25) is 0 Å². The maximum atomic E-state index is 5.78. The average Bonchev–Trinajstić information content (AvgIpc) is 2.80. The Balaban J connectivity index is 1.65. The van der Waals surface area contributed by atoms with Crippen molar-refractivity contribution in [3.8, 4) is 5.75 Å². The van der Waals surface area contributed by atoms with Gasteiger partial charge in [0.1, 0.15) is 5.75 Å². The highest BCUT2D eigenvalue weighted by Crippen LogP contribution is 2.16. The van der Waals surface area contributed by atoms with E-state index >= 15 is 0 Å². The summed E-state index contributed by atoms with van der Waals surface area (Å²) in [4.78, 5) is 0. The van der Waals surface area contributed by atoms with Gasteiger partial charge in [0.25, 0.3) is 0 Å². The molecule has 2 N–H and O–H groups in total. The molecule has 1 aliphatic heterocycles. The first-order chi connectivity index (χ1) is 9.09. The Labute approximate surface area is 116 Å². The van der Waals surface area contributed by atoms with E-state index in [4.69, 9.17) is 4.74 Å². The number of rotatable bonds is 6. The highest BCUT2D eigenvalue weighted by molar-refractivity contribution is 5.33.